The molecule has 0 amide bonds. The van der Waals surface area contributed by atoms with Crippen molar-refractivity contribution in [1.82, 2.24) is 9.78 Å². The van der Waals surface area contributed by atoms with E-state index in [9.17, 15) is 0 Å². The van der Waals surface area contributed by atoms with Crippen molar-refractivity contribution in [2.75, 3.05) is 0 Å². The summed E-state index contributed by atoms with van der Waals surface area (Å²) in [4.78, 5) is 0. The summed E-state index contributed by atoms with van der Waals surface area (Å²) < 4.78 is 1.70. The van der Waals surface area contributed by atoms with Crippen molar-refractivity contribution in [3.8, 4) is 5.69 Å². The van der Waals surface area contributed by atoms with Gasteiger partial charge in [-0.3, -0.25) is 0 Å². The van der Waals surface area contributed by atoms with E-state index in [4.69, 9.17) is 16.7 Å². The van der Waals surface area contributed by atoms with E-state index < -0.39 is 0 Å². The highest BCUT2D eigenvalue weighted by atomic mass is 35.5. The third-order valence-corrected chi connectivity index (χ3v) is 2.16. The van der Waals surface area contributed by atoms with Crippen LogP contribution in [0.3, 0.4) is 0 Å². The number of aliphatic hydroxyl groups excluding tert-OH is 1. The first-order valence-electron chi connectivity index (χ1n) is 4.20. The lowest BCUT2D eigenvalue weighted by molar-refractivity contribution is 0.282. The van der Waals surface area contributed by atoms with Crippen molar-refractivity contribution < 1.29 is 5.11 Å². The van der Waals surface area contributed by atoms with Crippen LogP contribution in [0.5, 0.6) is 0 Å². The highest BCUT2D eigenvalue weighted by Gasteiger charge is 1.99. The molecule has 2 aromatic rings. The van der Waals surface area contributed by atoms with E-state index in [1.807, 2.05) is 12.1 Å². The van der Waals surface area contributed by atoms with Gasteiger partial charge in [-0.2, -0.15) is 5.10 Å². The highest BCUT2D eigenvalue weighted by Crippen LogP contribution is 2.13. The number of hydrogen-bond acceptors (Lipinski definition) is 2. The highest BCUT2D eigenvalue weighted by molar-refractivity contribution is 6.30. The average Bonchev–Trinajstić information content (AvgIpc) is 2.67. The van der Waals surface area contributed by atoms with Crippen LogP contribution in [0.1, 0.15) is 5.56 Å². The summed E-state index contributed by atoms with van der Waals surface area (Å²) in [7, 11) is 0. The first-order valence-corrected chi connectivity index (χ1v) is 4.58. The standard InChI is InChI=1S/C10H9ClN2O/c11-9-1-3-10(4-2-9)13-6-8(7-14)5-12-13/h1-6,14H,7H2. The van der Waals surface area contributed by atoms with Gasteiger partial charge in [-0.1, -0.05) is 11.6 Å². The summed E-state index contributed by atoms with van der Waals surface area (Å²) in [6.07, 6.45) is 3.41. The summed E-state index contributed by atoms with van der Waals surface area (Å²) in [6.45, 7) is 0.00753. The Morgan fingerprint density at radius 1 is 1.29 bits per heavy atom. The predicted octanol–water partition coefficient (Wildman–Crippen LogP) is 2.02. The smallest absolute Gasteiger partial charge is 0.0712 e. The fraction of sp³-hybridized carbons (Fsp3) is 0.100. The Hall–Kier alpha value is -1.32. The minimum atomic E-state index is 0.00753. The maximum Gasteiger partial charge on any atom is 0.0712 e. The zero-order valence-electron chi connectivity index (χ0n) is 7.39. The fourth-order valence-electron chi connectivity index (χ4n) is 1.18. The Balaban J connectivity index is 2.34. The van der Waals surface area contributed by atoms with Crippen LogP contribution in [0.15, 0.2) is 36.7 Å². The van der Waals surface area contributed by atoms with Crippen molar-refractivity contribution in [2.24, 2.45) is 0 Å². The number of benzene rings is 1. The molecular formula is C10H9ClN2O. The van der Waals surface area contributed by atoms with Crippen LogP contribution in [-0.4, -0.2) is 14.9 Å². The van der Waals surface area contributed by atoms with Crippen LogP contribution >= 0.6 is 11.6 Å². The molecule has 0 unspecified atom stereocenters. The number of hydrogen-bond donors (Lipinski definition) is 1. The largest absolute Gasteiger partial charge is 0.392 e. The number of rotatable bonds is 2. The van der Waals surface area contributed by atoms with Gasteiger partial charge in [0.15, 0.2) is 0 Å². The normalized spacial score (nSPS) is 10.4. The van der Waals surface area contributed by atoms with Gasteiger partial charge in [0.05, 0.1) is 18.5 Å². The molecule has 0 aliphatic heterocycles. The molecule has 0 aliphatic rings. The summed E-state index contributed by atoms with van der Waals surface area (Å²) in [5.41, 5.74) is 1.72. The Morgan fingerprint density at radius 3 is 2.57 bits per heavy atom. The lowest BCUT2D eigenvalue weighted by Crippen LogP contribution is -1.92. The maximum atomic E-state index is 8.87. The molecule has 0 spiro atoms. The van der Waals surface area contributed by atoms with Gasteiger partial charge in [-0.05, 0) is 24.3 Å². The predicted molar refractivity (Wildman–Crippen MR) is 54.5 cm³/mol. The molecule has 0 saturated heterocycles. The van der Waals surface area contributed by atoms with Crippen molar-refractivity contribution in [2.45, 2.75) is 6.61 Å². The van der Waals surface area contributed by atoms with Gasteiger partial charge < -0.3 is 5.11 Å². The number of aliphatic hydroxyl groups is 1. The molecule has 14 heavy (non-hydrogen) atoms. The minimum Gasteiger partial charge on any atom is -0.392 e. The summed E-state index contributed by atoms with van der Waals surface area (Å²) in [5.74, 6) is 0. The molecule has 4 heteroatoms. The first kappa shape index (κ1) is 9.24. The zero-order valence-corrected chi connectivity index (χ0v) is 8.15. The van der Waals surface area contributed by atoms with Crippen molar-refractivity contribution in [1.29, 1.82) is 0 Å². The van der Waals surface area contributed by atoms with Crippen LogP contribution in [0.4, 0.5) is 0 Å². The van der Waals surface area contributed by atoms with Gasteiger partial charge >= 0.3 is 0 Å². The molecule has 1 aromatic carbocycles. The van der Waals surface area contributed by atoms with Crippen molar-refractivity contribution in [3.63, 3.8) is 0 Å². The number of halogens is 1. The third-order valence-electron chi connectivity index (χ3n) is 1.91. The summed E-state index contributed by atoms with van der Waals surface area (Å²) >= 11 is 5.76. The first-order chi connectivity index (χ1) is 6.79. The molecule has 72 valence electrons. The molecule has 0 bridgehead atoms. The van der Waals surface area contributed by atoms with Crippen LogP contribution in [0.25, 0.3) is 5.69 Å². The Labute approximate surface area is 86.6 Å². The van der Waals surface area contributed by atoms with Gasteiger partial charge in [0.25, 0.3) is 0 Å². The van der Waals surface area contributed by atoms with Crippen LogP contribution in [0, 0.1) is 0 Å². The molecule has 0 radical (unpaired) electrons. The summed E-state index contributed by atoms with van der Waals surface area (Å²) in [6, 6.07) is 7.35. The Kier molecular flexibility index (Phi) is 2.52. The molecule has 2 rings (SSSR count). The second-order valence-corrected chi connectivity index (χ2v) is 3.36. The molecule has 3 nitrogen and oxygen atoms in total. The van der Waals surface area contributed by atoms with Gasteiger partial charge in [0.2, 0.25) is 0 Å². The molecular weight excluding hydrogens is 200 g/mol. The van der Waals surface area contributed by atoms with Gasteiger partial charge in [0, 0.05) is 16.8 Å². The average molecular weight is 209 g/mol. The van der Waals surface area contributed by atoms with Crippen LogP contribution < -0.4 is 0 Å². The van der Waals surface area contributed by atoms with E-state index in [1.165, 1.54) is 0 Å². The molecule has 1 N–H and O–H groups in total. The monoisotopic (exact) mass is 208 g/mol. The second-order valence-electron chi connectivity index (χ2n) is 2.93. The van der Waals surface area contributed by atoms with E-state index in [0.29, 0.717) is 5.02 Å². The second kappa shape index (κ2) is 3.82. The van der Waals surface area contributed by atoms with Crippen LogP contribution in [0.2, 0.25) is 5.02 Å². The molecule has 0 atom stereocenters. The quantitative estimate of drug-likeness (QED) is 0.820. The van der Waals surface area contributed by atoms with Crippen molar-refractivity contribution >= 4 is 11.6 Å². The molecule has 0 saturated carbocycles. The van der Waals surface area contributed by atoms with E-state index in [0.717, 1.165) is 11.3 Å². The number of nitrogens with zero attached hydrogens (tertiary/aromatic N) is 2. The third kappa shape index (κ3) is 1.78. The maximum absolute atomic E-state index is 8.87. The molecule has 0 fully saturated rings. The molecule has 0 aliphatic carbocycles. The van der Waals surface area contributed by atoms with Gasteiger partial charge in [-0.25, -0.2) is 4.68 Å². The number of aromatic nitrogens is 2. The van der Waals surface area contributed by atoms with E-state index >= 15 is 0 Å². The van der Waals surface area contributed by atoms with Crippen molar-refractivity contribution in [3.05, 3.63) is 47.2 Å². The minimum absolute atomic E-state index is 0.00753. The van der Waals surface area contributed by atoms with E-state index in [-0.39, 0.29) is 6.61 Å². The Bertz CT molecular complexity index is 422. The molecule has 1 heterocycles. The van der Waals surface area contributed by atoms with Crippen LogP contribution in [-0.2, 0) is 6.61 Å². The van der Waals surface area contributed by atoms with E-state index in [2.05, 4.69) is 5.10 Å². The fourth-order valence-corrected chi connectivity index (χ4v) is 1.30. The van der Waals surface area contributed by atoms with Gasteiger partial charge in [0.1, 0.15) is 0 Å². The lowest BCUT2D eigenvalue weighted by Gasteiger charge is -1.99. The zero-order chi connectivity index (χ0) is 9.97. The van der Waals surface area contributed by atoms with Gasteiger partial charge in [-0.15, -0.1) is 0 Å². The summed E-state index contributed by atoms with van der Waals surface area (Å²) in [5, 5.41) is 13.7. The lowest BCUT2D eigenvalue weighted by atomic mass is 10.3. The van der Waals surface area contributed by atoms with E-state index in [1.54, 1.807) is 29.2 Å². The molecule has 1 aromatic heterocycles. The Morgan fingerprint density at radius 2 is 2.00 bits per heavy atom. The topological polar surface area (TPSA) is 38.1 Å². The SMILES string of the molecule is OCc1cnn(-c2ccc(Cl)cc2)c1.